The molecule has 0 aliphatic carbocycles. The highest BCUT2D eigenvalue weighted by atomic mass is 16.4. The highest BCUT2D eigenvalue weighted by molar-refractivity contribution is 6.21. The van der Waals surface area contributed by atoms with Crippen molar-refractivity contribution in [2.75, 3.05) is 11.4 Å². The van der Waals surface area contributed by atoms with Crippen LogP contribution in [0.25, 0.3) is 0 Å². The van der Waals surface area contributed by atoms with Crippen molar-refractivity contribution in [2.45, 2.75) is 18.9 Å². The highest BCUT2D eigenvalue weighted by Crippen LogP contribution is 2.34. The maximum absolute atomic E-state index is 13.0. The third-order valence-corrected chi connectivity index (χ3v) is 4.12. The molecule has 0 saturated carbocycles. The minimum atomic E-state index is -0.922. The van der Waals surface area contributed by atoms with Gasteiger partial charge in [-0.2, -0.15) is 0 Å². The number of imide groups is 1. The smallest absolute Gasteiger partial charge is 0.332 e. The van der Waals surface area contributed by atoms with E-state index in [2.05, 4.69) is 0 Å². The zero-order chi connectivity index (χ0) is 17.8. The van der Waals surface area contributed by atoms with Gasteiger partial charge < -0.3 is 10.0 Å². The van der Waals surface area contributed by atoms with E-state index in [-0.39, 0.29) is 18.9 Å². The predicted molar refractivity (Wildman–Crippen MR) is 92.1 cm³/mol. The summed E-state index contributed by atoms with van der Waals surface area (Å²) in [5.41, 5.74) is 1.23. The van der Waals surface area contributed by atoms with Crippen molar-refractivity contribution in [3.05, 3.63) is 66.2 Å². The Labute approximate surface area is 145 Å². The lowest BCUT2D eigenvalue weighted by atomic mass is 10.1. The number of carboxylic acids is 1. The maximum atomic E-state index is 13.0. The molecule has 0 aromatic heterocycles. The molecule has 6 nitrogen and oxygen atoms in total. The van der Waals surface area contributed by atoms with Crippen LogP contribution in [0.3, 0.4) is 0 Å². The van der Waals surface area contributed by atoms with E-state index in [1.54, 1.807) is 36.4 Å². The van der Waals surface area contributed by atoms with Crippen LogP contribution in [0.15, 0.2) is 60.7 Å². The van der Waals surface area contributed by atoms with Crippen molar-refractivity contribution in [3.8, 4) is 0 Å². The molecular formula is C19H18N2O4. The molecule has 1 fully saturated rings. The van der Waals surface area contributed by atoms with Crippen LogP contribution >= 0.6 is 0 Å². The molecule has 128 valence electrons. The number of carbonyl (C=O) groups excluding carboxylic acids is 2. The SMILES string of the molecule is O=C(O)CCCN1C(=O)N(c2ccccc2)C(=O)C1c1ccccc1. The molecule has 3 rings (SSSR count). The second-order valence-corrected chi connectivity index (χ2v) is 5.80. The average Bonchev–Trinajstić information content (AvgIpc) is 2.86. The normalized spacial score (nSPS) is 17.2. The molecule has 1 saturated heterocycles. The molecule has 1 unspecified atom stereocenters. The van der Waals surface area contributed by atoms with Crippen LogP contribution < -0.4 is 4.90 Å². The predicted octanol–water partition coefficient (Wildman–Crippen LogP) is 3.06. The van der Waals surface area contributed by atoms with Gasteiger partial charge in [0.05, 0.1) is 5.69 Å². The van der Waals surface area contributed by atoms with Crippen molar-refractivity contribution in [3.63, 3.8) is 0 Å². The summed E-state index contributed by atoms with van der Waals surface area (Å²) in [6, 6.07) is 16.7. The van der Waals surface area contributed by atoms with E-state index in [1.807, 2.05) is 24.3 Å². The number of aliphatic carboxylic acids is 1. The molecule has 1 atom stereocenters. The monoisotopic (exact) mass is 338 g/mol. The Hall–Kier alpha value is -3.15. The number of amides is 3. The lowest BCUT2D eigenvalue weighted by Crippen LogP contribution is -2.33. The number of para-hydroxylation sites is 1. The van der Waals surface area contributed by atoms with Gasteiger partial charge in [-0.05, 0) is 24.1 Å². The number of anilines is 1. The lowest BCUT2D eigenvalue weighted by Gasteiger charge is -2.21. The van der Waals surface area contributed by atoms with E-state index in [4.69, 9.17) is 5.11 Å². The van der Waals surface area contributed by atoms with Crippen molar-refractivity contribution in [1.29, 1.82) is 0 Å². The molecule has 1 N–H and O–H groups in total. The van der Waals surface area contributed by atoms with E-state index in [0.29, 0.717) is 12.1 Å². The summed E-state index contributed by atoms with van der Waals surface area (Å²) in [6.07, 6.45) is 0.241. The van der Waals surface area contributed by atoms with E-state index in [1.165, 1.54) is 9.80 Å². The summed E-state index contributed by atoms with van der Waals surface area (Å²) in [7, 11) is 0. The summed E-state index contributed by atoms with van der Waals surface area (Å²) in [4.78, 5) is 39.2. The molecule has 2 aromatic carbocycles. The van der Waals surface area contributed by atoms with E-state index in [9.17, 15) is 14.4 Å². The van der Waals surface area contributed by atoms with Gasteiger partial charge in [0.2, 0.25) is 0 Å². The maximum Gasteiger partial charge on any atom is 0.332 e. The Morgan fingerprint density at radius 1 is 0.960 bits per heavy atom. The summed E-state index contributed by atoms with van der Waals surface area (Å²) in [6.45, 7) is 0.208. The minimum absolute atomic E-state index is 0.0508. The van der Waals surface area contributed by atoms with Crippen molar-refractivity contribution in [1.82, 2.24) is 4.90 Å². The first-order chi connectivity index (χ1) is 12.1. The second-order valence-electron chi connectivity index (χ2n) is 5.80. The van der Waals surface area contributed by atoms with Crippen molar-refractivity contribution >= 4 is 23.6 Å². The zero-order valence-corrected chi connectivity index (χ0v) is 13.5. The fourth-order valence-electron chi connectivity index (χ4n) is 2.99. The van der Waals surface area contributed by atoms with Crippen molar-refractivity contribution in [2.24, 2.45) is 0 Å². The van der Waals surface area contributed by atoms with Gasteiger partial charge >= 0.3 is 12.0 Å². The van der Waals surface area contributed by atoms with E-state index >= 15 is 0 Å². The number of carboxylic acid groups (broad SMARTS) is 1. The van der Waals surface area contributed by atoms with Gasteiger partial charge in [-0.3, -0.25) is 9.59 Å². The Kier molecular flexibility index (Phi) is 4.79. The fraction of sp³-hybridized carbons (Fsp3) is 0.211. The van der Waals surface area contributed by atoms with E-state index in [0.717, 1.165) is 5.56 Å². The third kappa shape index (κ3) is 3.38. The van der Waals surface area contributed by atoms with Crippen LogP contribution in [0.2, 0.25) is 0 Å². The summed E-state index contributed by atoms with van der Waals surface area (Å²) < 4.78 is 0. The molecule has 0 spiro atoms. The Balaban J connectivity index is 1.93. The second kappa shape index (κ2) is 7.17. The largest absolute Gasteiger partial charge is 0.481 e. The first-order valence-corrected chi connectivity index (χ1v) is 8.06. The molecule has 2 aromatic rings. The number of carbonyl (C=O) groups is 3. The van der Waals surface area contributed by atoms with Gasteiger partial charge in [-0.25, -0.2) is 9.69 Å². The van der Waals surface area contributed by atoms with Gasteiger partial charge in [-0.15, -0.1) is 0 Å². The summed E-state index contributed by atoms with van der Waals surface area (Å²) in [5, 5.41) is 8.84. The Morgan fingerprint density at radius 2 is 1.56 bits per heavy atom. The fourth-order valence-corrected chi connectivity index (χ4v) is 2.99. The topological polar surface area (TPSA) is 77.9 Å². The van der Waals surface area contributed by atoms with Gasteiger partial charge in [0.25, 0.3) is 5.91 Å². The Bertz CT molecular complexity index is 777. The van der Waals surface area contributed by atoms with Crippen LogP contribution in [-0.4, -0.2) is 34.5 Å². The minimum Gasteiger partial charge on any atom is -0.481 e. The van der Waals surface area contributed by atoms with Gasteiger partial charge in [0.15, 0.2) is 0 Å². The molecule has 1 aliphatic rings. The molecule has 3 amide bonds. The standard InChI is InChI=1S/C19H18N2O4/c22-16(23)12-7-13-20-17(14-8-3-1-4-9-14)18(24)21(19(20)25)15-10-5-2-6-11-15/h1-6,8-11,17H,7,12-13H2,(H,22,23). The number of hydrogen-bond acceptors (Lipinski definition) is 3. The van der Waals surface area contributed by atoms with Gasteiger partial charge in [0.1, 0.15) is 6.04 Å². The molecule has 6 heteroatoms. The third-order valence-electron chi connectivity index (χ3n) is 4.12. The highest BCUT2D eigenvalue weighted by Gasteiger charge is 2.46. The summed E-state index contributed by atoms with van der Waals surface area (Å²) in [5.74, 6) is -1.24. The molecule has 1 aliphatic heterocycles. The van der Waals surface area contributed by atoms with Crippen LogP contribution in [0.4, 0.5) is 10.5 Å². The lowest BCUT2D eigenvalue weighted by molar-refractivity contribution is -0.137. The van der Waals surface area contributed by atoms with Crippen LogP contribution in [0.5, 0.6) is 0 Å². The molecule has 1 heterocycles. The first-order valence-electron chi connectivity index (χ1n) is 8.06. The number of nitrogens with zero attached hydrogens (tertiary/aromatic N) is 2. The van der Waals surface area contributed by atoms with Crippen LogP contribution in [0, 0.1) is 0 Å². The molecule has 0 bridgehead atoms. The number of hydrogen-bond donors (Lipinski definition) is 1. The number of urea groups is 1. The summed E-state index contributed by atoms with van der Waals surface area (Å²) >= 11 is 0. The number of benzene rings is 2. The quantitative estimate of drug-likeness (QED) is 0.821. The average molecular weight is 338 g/mol. The van der Waals surface area contributed by atoms with Crippen molar-refractivity contribution < 1.29 is 19.5 Å². The van der Waals surface area contributed by atoms with Gasteiger partial charge in [0, 0.05) is 13.0 Å². The molecule has 25 heavy (non-hydrogen) atoms. The molecule has 0 radical (unpaired) electrons. The molecular weight excluding hydrogens is 320 g/mol. The van der Waals surface area contributed by atoms with Gasteiger partial charge in [-0.1, -0.05) is 48.5 Å². The number of rotatable bonds is 6. The zero-order valence-electron chi connectivity index (χ0n) is 13.5. The van der Waals surface area contributed by atoms with E-state index < -0.39 is 18.0 Å². The Morgan fingerprint density at radius 3 is 2.16 bits per heavy atom. The van der Waals surface area contributed by atoms with Crippen LogP contribution in [0.1, 0.15) is 24.4 Å². The van der Waals surface area contributed by atoms with Crippen LogP contribution in [-0.2, 0) is 9.59 Å². The first kappa shape index (κ1) is 16.7.